The number of carbonyl (C=O) groups is 1. The van der Waals surface area contributed by atoms with Crippen LogP contribution in [-0.4, -0.2) is 31.3 Å². The molecular weight excluding hydrogens is 193 g/mol. The van der Waals surface area contributed by atoms with Gasteiger partial charge in [0.25, 0.3) is 0 Å². The second-order valence-corrected chi connectivity index (χ2v) is 3.91. The number of nitrogens with zero attached hydrogens (tertiary/aromatic N) is 1. The predicted molar refractivity (Wildman–Crippen MR) is 58.8 cm³/mol. The van der Waals surface area contributed by atoms with Gasteiger partial charge < -0.3 is 4.90 Å². The molecule has 0 amide bonds. The summed E-state index contributed by atoms with van der Waals surface area (Å²) in [5.41, 5.74) is 1.24. The quantitative estimate of drug-likeness (QED) is 0.710. The Morgan fingerprint density at radius 3 is 2.27 bits per heavy atom. The molecule has 0 bridgehead atoms. The van der Waals surface area contributed by atoms with E-state index < -0.39 is 6.17 Å². The summed E-state index contributed by atoms with van der Waals surface area (Å²) in [5, 5.41) is 0. The molecule has 2 nitrogen and oxygen atoms in total. The molecule has 15 heavy (non-hydrogen) atoms. The summed E-state index contributed by atoms with van der Waals surface area (Å²) in [5.74, 6) is 0.00423. The Balaban J connectivity index is 2.75. The lowest BCUT2D eigenvalue weighted by Gasteiger charge is -2.14. The van der Waals surface area contributed by atoms with Gasteiger partial charge in [0, 0.05) is 12.1 Å². The highest BCUT2D eigenvalue weighted by Crippen LogP contribution is 2.18. The number of carbonyl (C=O) groups excluding carboxylic acids is 1. The van der Waals surface area contributed by atoms with Crippen molar-refractivity contribution >= 4 is 5.78 Å². The van der Waals surface area contributed by atoms with E-state index in [9.17, 15) is 9.18 Å². The Bertz CT molecular complexity index is 332. The van der Waals surface area contributed by atoms with Gasteiger partial charge in [-0.3, -0.25) is 4.79 Å². The Morgan fingerprint density at radius 2 is 1.87 bits per heavy atom. The van der Waals surface area contributed by atoms with Gasteiger partial charge in [-0.1, -0.05) is 24.3 Å². The van der Waals surface area contributed by atoms with Gasteiger partial charge in [0.2, 0.25) is 0 Å². The van der Waals surface area contributed by atoms with E-state index in [1.165, 1.54) is 6.92 Å². The number of halogens is 1. The smallest absolute Gasteiger partial charge is 0.159 e. The SMILES string of the molecule is CC(=O)c1ccc(C(F)CN(C)C)cc1. The number of likely N-dealkylation sites (N-methyl/N-ethyl adjacent to an activating group) is 1. The van der Waals surface area contributed by atoms with Crippen LogP contribution in [0.2, 0.25) is 0 Å². The number of ketones is 1. The number of hydrogen-bond donors (Lipinski definition) is 0. The van der Waals surface area contributed by atoms with Crippen LogP contribution < -0.4 is 0 Å². The van der Waals surface area contributed by atoms with Crippen molar-refractivity contribution in [1.82, 2.24) is 4.90 Å². The van der Waals surface area contributed by atoms with E-state index in [0.717, 1.165) is 0 Å². The second-order valence-electron chi connectivity index (χ2n) is 3.91. The molecule has 0 fully saturated rings. The highest BCUT2D eigenvalue weighted by atomic mass is 19.1. The molecule has 82 valence electrons. The highest BCUT2D eigenvalue weighted by Gasteiger charge is 2.10. The monoisotopic (exact) mass is 209 g/mol. The van der Waals surface area contributed by atoms with Crippen LogP contribution in [0.5, 0.6) is 0 Å². The molecule has 0 saturated carbocycles. The maximum Gasteiger partial charge on any atom is 0.159 e. The molecule has 1 atom stereocenters. The van der Waals surface area contributed by atoms with Gasteiger partial charge in [-0.25, -0.2) is 4.39 Å². The van der Waals surface area contributed by atoms with E-state index >= 15 is 0 Å². The number of benzene rings is 1. The van der Waals surface area contributed by atoms with Crippen LogP contribution in [0, 0.1) is 0 Å². The molecule has 1 rings (SSSR count). The standard InChI is InChI=1S/C12H16FNO/c1-9(15)10-4-6-11(7-5-10)12(13)8-14(2)3/h4-7,12H,8H2,1-3H3. The zero-order valence-corrected chi connectivity index (χ0v) is 9.33. The second kappa shape index (κ2) is 5.03. The lowest BCUT2D eigenvalue weighted by molar-refractivity contribution is 0.101. The molecule has 0 aliphatic carbocycles. The Hall–Kier alpha value is -1.22. The first-order valence-corrected chi connectivity index (χ1v) is 4.90. The van der Waals surface area contributed by atoms with E-state index in [1.807, 2.05) is 14.1 Å². The molecule has 0 saturated heterocycles. The fourth-order valence-electron chi connectivity index (χ4n) is 1.35. The molecule has 1 unspecified atom stereocenters. The Morgan fingerprint density at radius 1 is 1.33 bits per heavy atom. The van der Waals surface area contributed by atoms with Crippen molar-refractivity contribution in [2.45, 2.75) is 13.1 Å². The minimum Gasteiger partial charge on any atom is -0.306 e. The average Bonchev–Trinajstić information content (AvgIpc) is 2.17. The summed E-state index contributed by atoms with van der Waals surface area (Å²) < 4.78 is 13.6. The first kappa shape index (κ1) is 11.9. The van der Waals surface area contributed by atoms with Crippen LogP contribution >= 0.6 is 0 Å². The molecule has 0 spiro atoms. The highest BCUT2D eigenvalue weighted by molar-refractivity contribution is 5.94. The van der Waals surface area contributed by atoms with E-state index in [4.69, 9.17) is 0 Å². The van der Waals surface area contributed by atoms with Crippen LogP contribution in [0.4, 0.5) is 4.39 Å². The summed E-state index contributed by atoms with van der Waals surface area (Å²) in [4.78, 5) is 12.8. The van der Waals surface area contributed by atoms with E-state index in [0.29, 0.717) is 17.7 Å². The number of Topliss-reactive ketones (excluding diaryl/α,β-unsaturated/α-hetero) is 1. The maximum absolute atomic E-state index is 13.6. The van der Waals surface area contributed by atoms with Crippen LogP contribution in [0.1, 0.15) is 29.0 Å². The normalized spacial score (nSPS) is 12.9. The first-order chi connectivity index (χ1) is 7.00. The third kappa shape index (κ3) is 3.44. The van der Waals surface area contributed by atoms with Gasteiger partial charge in [0.15, 0.2) is 5.78 Å². The topological polar surface area (TPSA) is 20.3 Å². The first-order valence-electron chi connectivity index (χ1n) is 4.90. The third-order valence-corrected chi connectivity index (χ3v) is 2.20. The molecule has 0 radical (unpaired) electrons. The number of hydrogen-bond acceptors (Lipinski definition) is 2. The molecule has 0 heterocycles. The summed E-state index contributed by atoms with van der Waals surface area (Å²) in [6.07, 6.45) is -0.999. The van der Waals surface area contributed by atoms with Gasteiger partial charge in [-0.05, 0) is 26.6 Å². The van der Waals surface area contributed by atoms with E-state index in [2.05, 4.69) is 0 Å². The van der Waals surface area contributed by atoms with Gasteiger partial charge in [-0.15, -0.1) is 0 Å². The summed E-state index contributed by atoms with van der Waals surface area (Å²) in [6.45, 7) is 1.86. The third-order valence-electron chi connectivity index (χ3n) is 2.20. The summed E-state index contributed by atoms with van der Waals surface area (Å²) >= 11 is 0. The van der Waals surface area contributed by atoms with E-state index in [1.54, 1.807) is 29.2 Å². The van der Waals surface area contributed by atoms with Crippen LogP contribution in [-0.2, 0) is 0 Å². The Kier molecular flexibility index (Phi) is 3.97. The zero-order chi connectivity index (χ0) is 11.4. The Labute approximate surface area is 89.7 Å². The minimum absolute atomic E-state index is 0.00423. The fourth-order valence-corrected chi connectivity index (χ4v) is 1.35. The summed E-state index contributed by atoms with van der Waals surface area (Å²) in [6, 6.07) is 6.68. The van der Waals surface area contributed by atoms with Gasteiger partial charge >= 0.3 is 0 Å². The lowest BCUT2D eigenvalue weighted by atomic mass is 10.1. The summed E-state index contributed by atoms with van der Waals surface area (Å²) in [7, 11) is 3.66. The van der Waals surface area contributed by atoms with Gasteiger partial charge in [-0.2, -0.15) is 0 Å². The van der Waals surface area contributed by atoms with Gasteiger partial charge in [0.1, 0.15) is 6.17 Å². The van der Waals surface area contributed by atoms with Crippen LogP contribution in [0.3, 0.4) is 0 Å². The van der Waals surface area contributed by atoms with Crippen molar-refractivity contribution in [3.63, 3.8) is 0 Å². The van der Waals surface area contributed by atoms with Crippen LogP contribution in [0.15, 0.2) is 24.3 Å². The van der Waals surface area contributed by atoms with Crippen molar-refractivity contribution in [1.29, 1.82) is 0 Å². The average molecular weight is 209 g/mol. The molecule has 0 aromatic heterocycles. The maximum atomic E-state index is 13.6. The number of rotatable bonds is 4. The minimum atomic E-state index is -0.999. The van der Waals surface area contributed by atoms with Crippen molar-refractivity contribution < 1.29 is 9.18 Å². The molecular formula is C12H16FNO. The zero-order valence-electron chi connectivity index (χ0n) is 9.33. The van der Waals surface area contributed by atoms with Crippen molar-refractivity contribution in [3.8, 4) is 0 Å². The van der Waals surface area contributed by atoms with Crippen molar-refractivity contribution in [2.24, 2.45) is 0 Å². The molecule has 0 aliphatic rings. The van der Waals surface area contributed by atoms with Gasteiger partial charge in [0.05, 0.1) is 0 Å². The molecule has 3 heteroatoms. The lowest BCUT2D eigenvalue weighted by Crippen LogP contribution is -2.17. The predicted octanol–water partition coefficient (Wildman–Crippen LogP) is 2.46. The number of alkyl halides is 1. The van der Waals surface area contributed by atoms with Crippen LogP contribution in [0.25, 0.3) is 0 Å². The molecule has 0 N–H and O–H groups in total. The molecule has 0 aliphatic heterocycles. The molecule has 1 aromatic rings. The molecule has 1 aromatic carbocycles. The van der Waals surface area contributed by atoms with Crippen molar-refractivity contribution in [3.05, 3.63) is 35.4 Å². The fraction of sp³-hybridized carbons (Fsp3) is 0.417. The van der Waals surface area contributed by atoms with Crippen molar-refractivity contribution in [2.75, 3.05) is 20.6 Å². The van der Waals surface area contributed by atoms with E-state index in [-0.39, 0.29) is 5.78 Å². The largest absolute Gasteiger partial charge is 0.306 e.